The maximum absolute atomic E-state index is 8.19. The normalized spacial score (nSPS) is 10.1. The molecule has 0 heterocycles. The van der Waals surface area contributed by atoms with Crippen LogP contribution in [0.5, 0.6) is 0 Å². The Balaban J connectivity index is 2.80. The van der Waals surface area contributed by atoms with Crippen molar-refractivity contribution in [2.75, 3.05) is 26.2 Å². The Bertz CT molecular complexity index is 85.0. The van der Waals surface area contributed by atoms with Gasteiger partial charge in [0.25, 0.3) is 0 Å². The molecule has 0 amide bonds. The number of hydroxylamine groups is 1. The van der Waals surface area contributed by atoms with Gasteiger partial charge in [0.1, 0.15) is 0 Å². The van der Waals surface area contributed by atoms with Gasteiger partial charge in [-0.25, -0.2) is 5.48 Å². The molecule has 7 heteroatoms. The molecule has 0 unspecified atom stereocenters. The molecule has 0 saturated carbocycles. The van der Waals surface area contributed by atoms with Gasteiger partial charge in [-0.2, -0.15) is 0 Å². The van der Waals surface area contributed by atoms with Gasteiger partial charge in [0, 0.05) is 26.2 Å². The first kappa shape index (κ1) is 10.8. The zero-order chi connectivity index (χ0) is 8.53. The lowest BCUT2D eigenvalue weighted by molar-refractivity contribution is 0.110. The quantitative estimate of drug-likeness (QED) is 0.156. The summed E-state index contributed by atoms with van der Waals surface area (Å²) in [4.78, 5) is 0. The van der Waals surface area contributed by atoms with Crippen LogP contribution in [0.4, 0.5) is 0 Å². The Kier molecular flexibility index (Phi) is 7.80. The van der Waals surface area contributed by atoms with E-state index in [9.17, 15) is 0 Å². The molecule has 6 nitrogen and oxygen atoms in total. The van der Waals surface area contributed by atoms with E-state index in [1.165, 1.54) is 0 Å². The number of nitrogens with two attached hydrogens (primary N) is 1. The number of rotatable bonds is 7. The van der Waals surface area contributed by atoms with Gasteiger partial charge in [-0.15, -0.1) is 0 Å². The Labute approximate surface area is 65.9 Å². The van der Waals surface area contributed by atoms with Crippen molar-refractivity contribution in [2.45, 2.75) is 0 Å². The molecule has 0 aliphatic rings. The molecule has 11 heavy (non-hydrogen) atoms. The third kappa shape index (κ3) is 9.82. The number of hydrogen-bond donors (Lipinski definition) is 5. The van der Waals surface area contributed by atoms with E-state index in [4.69, 9.17) is 15.8 Å². The van der Waals surface area contributed by atoms with Crippen molar-refractivity contribution in [1.82, 2.24) is 10.8 Å². The SMILES string of the molecule is NCCNCCNOB(O)O. The molecule has 0 radical (unpaired) electrons. The largest absolute Gasteiger partial charge is 0.651 e. The minimum atomic E-state index is -1.76. The van der Waals surface area contributed by atoms with Crippen LogP contribution < -0.4 is 16.5 Å². The van der Waals surface area contributed by atoms with E-state index in [-0.39, 0.29) is 0 Å². The van der Waals surface area contributed by atoms with Crippen molar-refractivity contribution < 1.29 is 14.8 Å². The van der Waals surface area contributed by atoms with Gasteiger partial charge in [0.05, 0.1) is 0 Å². The van der Waals surface area contributed by atoms with Crippen molar-refractivity contribution in [3.8, 4) is 0 Å². The molecule has 0 atom stereocenters. The smallest absolute Gasteiger partial charge is 0.401 e. The monoisotopic (exact) mass is 163 g/mol. The molecule has 0 aliphatic heterocycles. The van der Waals surface area contributed by atoms with Crippen LogP contribution >= 0.6 is 0 Å². The van der Waals surface area contributed by atoms with Crippen molar-refractivity contribution in [2.24, 2.45) is 5.73 Å². The summed E-state index contributed by atoms with van der Waals surface area (Å²) in [5.41, 5.74) is 7.54. The predicted octanol–water partition coefficient (Wildman–Crippen LogP) is -2.97. The van der Waals surface area contributed by atoms with Crippen LogP contribution in [0.15, 0.2) is 0 Å². The minimum absolute atomic E-state index is 0.498. The number of nitrogens with one attached hydrogen (secondary N) is 2. The van der Waals surface area contributed by atoms with Crippen LogP contribution in [0.25, 0.3) is 0 Å². The molecule has 0 aliphatic carbocycles. The zero-order valence-corrected chi connectivity index (χ0v) is 6.29. The molecular formula is C4H14BN3O3. The van der Waals surface area contributed by atoms with E-state index in [2.05, 4.69) is 15.6 Å². The lowest BCUT2D eigenvalue weighted by Gasteiger charge is -2.04. The maximum Gasteiger partial charge on any atom is 0.651 e. The lowest BCUT2D eigenvalue weighted by Crippen LogP contribution is -2.34. The fourth-order valence-corrected chi connectivity index (χ4v) is 0.500. The first-order valence-corrected chi connectivity index (χ1v) is 3.43. The Morgan fingerprint density at radius 3 is 2.55 bits per heavy atom. The first-order valence-electron chi connectivity index (χ1n) is 3.43. The Morgan fingerprint density at radius 2 is 2.00 bits per heavy atom. The van der Waals surface area contributed by atoms with E-state index in [0.717, 1.165) is 6.54 Å². The highest BCUT2D eigenvalue weighted by molar-refractivity contribution is 6.32. The zero-order valence-electron chi connectivity index (χ0n) is 6.29. The van der Waals surface area contributed by atoms with Gasteiger partial charge in [-0.3, -0.25) is 0 Å². The highest BCUT2D eigenvalue weighted by Gasteiger charge is 2.06. The molecular weight excluding hydrogens is 149 g/mol. The fraction of sp³-hybridized carbons (Fsp3) is 1.00. The van der Waals surface area contributed by atoms with Gasteiger partial charge in [-0.1, -0.05) is 0 Å². The van der Waals surface area contributed by atoms with Crippen molar-refractivity contribution in [3.63, 3.8) is 0 Å². The molecule has 66 valence electrons. The fourth-order valence-electron chi connectivity index (χ4n) is 0.500. The van der Waals surface area contributed by atoms with Gasteiger partial charge < -0.3 is 25.9 Å². The predicted molar refractivity (Wildman–Crippen MR) is 41.2 cm³/mol. The second-order valence-corrected chi connectivity index (χ2v) is 1.88. The molecule has 0 saturated heterocycles. The second-order valence-electron chi connectivity index (χ2n) is 1.88. The van der Waals surface area contributed by atoms with E-state index in [0.29, 0.717) is 19.6 Å². The van der Waals surface area contributed by atoms with Crippen LogP contribution in [0, 0.1) is 0 Å². The summed E-state index contributed by atoms with van der Waals surface area (Å²) in [6.45, 7) is 2.49. The summed E-state index contributed by atoms with van der Waals surface area (Å²) in [5, 5.41) is 19.3. The van der Waals surface area contributed by atoms with Crippen LogP contribution in [0.3, 0.4) is 0 Å². The third-order valence-corrected chi connectivity index (χ3v) is 0.914. The minimum Gasteiger partial charge on any atom is -0.401 e. The molecule has 0 aromatic heterocycles. The Hall–Kier alpha value is -0.175. The summed E-state index contributed by atoms with van der Waals surface area (Å²) in [7, 11) is -1.76. The van der Waals surface area contributed by atoms with E-state index < -0.39 is 7.32 Å². The highest BCUT2D eigenvalue weighted by Crippen LogP contribution is 1.66. The second kappa shape index (κ2) is 7.93. The van der Waals surface area contributed by atoms with E-state index >= 15 is 0 Å². The van der Waals surface area contributed by atoms with Crippen LogP contribution in [-0.4, -0.2) is 43.5 Å². The van der Waals surface area contributed by atoms with Crippen LogP contribution in [-0.2, 0) is 4.76 Å². The highest BCUT2D eigenvalue weighted by atomic mass is 16.7. The summed E-state index contributed by atoms with van der Waals surface area (Å²) in [5.74, 6) is 0. The van der Waals surface area contributed by atoms with E-state index in [1.807, 2.05) is 0 Å². The third-order valence-electron chi connectivity index (χ3n) is 0.914. The number of hydrogen-bond acceptors (Lipinski definition) is 6. The average molecular weight is 163 g/mol. The Morgan fingerprint density at radius 1 is 1.27 bits per heavy atom. The average Bonchev–Trinajstić information content (AvgIpc) is 1.96. The van der Waals surface area contributed by atoms with Gasteiger partial charge in [-0.05, 0) is 0 Å². The molecule has 0 bridgehead atoms. The molecule has 0 aromatic rings. The van der Waals surface area contributed by atoms with Crippen LogP contribution in [0.2, 0.25) is 0 Å². The first-order chi connectivity index (χ1) is 5.27. The molecule has 0 aromatic carbocycles. The maximum atomic E-state index is 8.19. The molecule has 6 N–H and O–H groups in total. The standard InChI is InChI=1S/C4H14BN3O3/c6-1-2-7-3-4-8-11-5(9)10/h7-10H,1-4,6H2. The topological polar surface area (TPSA) is 99.8 Å². The summed E-state index contributed by atoms with van der Waals surface area (Å²) in [6.07, 6.45) is 0. The summed E-state index contributed by atoms with van der Waals surface area (Å²) < 4.78 is 4.21. The molecule has 0 spiro atoms. The van der Waals surface area contributed by atoms with Gasteiger partial charge in [0.2, 0.25) is 0 Å². The summed E-state index contributed by atoms with van der Waals surface area (Å²) >= 11 is 0. The van der Waals surface area contributed by atoms with Crippen molar-refractivity contribution >= 4 is 7.32 Å². The van der Waals surface area contributed by atoms with Crippen LogP contribution in [0.1, 0.15) is 0 Å². The summed E-state index contributed by atoms with van der Waals surface area (Å²) in [6, 6.07) is 0. The molecule has 0 rings (SSSR count). The lowest BCUT2D eigenvalue weighted by atomic mass is 10.3. The molecule has 0 fully saturated rings. The van der Waals surface area contributed by atoms with Gasteiger partial charge in [0.15, 0.2) is 0 Å². The van der Waals surface area contributed by atoms with Crippen molar-refractivity contribution in [1.29, 1.82) is 0 Å². The van der Waals surface area contributed by atoms with Crippen molar-refractivity contribution in [3.05, 3.63) is 0 Å². The van der Waals surface area contributed by atoms with Gasteiger partial charge >= 0.3 is 7.32 Å². The van der Waals surface area contributed by atoms with E-state index in [1.54, 1.807) is 0 Å².